The van der Waals surface area contributed by atoms with Crippen molar-refractivity contribution in [2.24, 2.45) is 11.8 Å². The van der Waals surface area contributed by atoms with Gasteiger partial charge in [0.1, 0.15) is 18.1 Å². The summed E-state index contributed by atoms with van der Waals surface area (Å²) in [5.74, 6) is -0.953. The second-order valence-corrected chi connectivity index (χ2v) is 11.6. The number of nitrogens with one attached hydrogen (secondary N) is 1. The van der Waals surface area contributed by atoms with Gasteiger partial charge in [-0.2, -0.15) is 8.78 Å². The zero-order chi connectivity index (χ0) is 30.7. The third-order valence-corrected chi connectivity index (χ3v) is 8.90. The molecule has 43 heavy (non-hydrogen) atoms. The number of amides is 4. The van der Waals surface area contributed by atoms with Crippen LogP contribution in [0.15, 0.2) is 36.4 Å². The summed E-state index contributed by atoms with van der Waals surface area (Å²) in [4.78, 5) is 57.1. The van der Waals surface area contributed by atoms with Gasteiger partial charge in [0.2, 0.25) is 17.7 Å². The number of carbonyl (C=O) groups is 4. The van der Waals surface area contributed by atoms with Crippen LogP contribution in [0.4, 0.5) is 8.78 Å². The number of rotatable bonds is 3. The van der Waals surface area contributed by atoms with Crippen molar-refractivity contribution in [3.63, 3.8) is 0 Å². The highest BCUT2D eigenvalue weighted by Gasteiger charge is 2.42. The highest BCUT2D eigenvalue weighted by molar-refractivity contribution is 5.93. The van der Waals surface area contributed by atoms with Crippen LogP contribution >= 0.6 is 0 Å². The minimum absolute atomic E-state index is 0.0141. The maximum atomic E-state index is 13.7. The summed E-state index contributed by atoms with van der Waals surface area (Å²) in [7, 11) is 0. The van der Waals surface area contributed by atoms with E-state index < -0.39 is 18.4 Å². The van der Waals surface area contributed by atoms with E-state index in [4.69, 9.17) is 4.74 Å². The van der Waals surface area contributed by atoms with Crippen LogP contribution < -0.4 is 10.1 Å². The summed E-state index contributed by atoms with van der Waals surface area (Å²) in [5, 5.41) is 2.99. The van der Waals surface area contributed by atoms with Crippen molar-refractivity contribution in [2.75, 3.05) is 52.4 Å². The summed E-state index contributed by atoms with van der Waals surface area (Å²) < 4.78 is 34.1. The molecule has 4 heterocycles. The number of piperidine rings is 1. The van der Waals surface area contributed by atoms with E-state index in [1.807, 2.05) is 18.2 Å². The van der Waals surface area contributed by atoms with Gasteiger partial charge >= 0.3 is 6.55 Å². The number of alkyl halides is 2. The smallest absolute Gasteiger partial charge is 0.319 e. The zero-order valence-electron chi connectivity index (χ0n) is 24.6. The highest BCUT2D eigenvalue weighted by Crippen LogP contribution is 2.36. The number of fused-ring (bicyclic) bond motifs is 4. The molecule has 2 saturated heterocycles. The zero-order valence-corrected chi connectivity index (χ0v) is 24.6. The number of aryl methyl sites for hydroxylation is 1. The Morgan fingerprint density at radius 2 is 1.70 bits per heavy atom. The van der Waals surface area contributed by atoms with Crippen molar-refractivity contribution in [3.8, 4) is 5.75 Å². The number of hydrogen-bond acceptors (Lipinski definition) is 5. The van der Waals surface area contributed by atoms with Crippen LogP contribution in [0.1, 0.15) is 60.4 Å². The number of nitrogens with zero attached hydrogens (tertiary/aromatic N) is 4. The van der Waals surface area contributed by atoms with Crippen LogP contribution in [0.5, 0.6) is 5.75 Å². The third kappa shape index (κ3) is 6.67. The molecule has 2 bridgehead atoms. The van der Waals surface area contributed by atoms with Crippen molar-refractivity contribution in [2.45, 2.75) is 45.6 Å². The lowest BCUT2D eigenvalue weighted by atomic mass is 9.88. The second-order valence-electron chi connectivity index (χ2n) is 11.6. The van der Waals surface area contributed by atoms with E-state index in [9.17, 15) is 28.0 Å². The molecule has 4 amide bonds. The first-order valence-corrected chi connectivity index (χ1v) is 14.9. The Morgan fingerprint density at radius 3 is 2.42 bits per heavy atom. The first-order valence-electron chi connectivity index (χ1n) is 14.9. The summed E-state index contributed by atoms with van der Waals surface area (Å²) in [5.41, 5.74) is 1.08. The molecule has 12 heteroatoms. The molecular weight excluding hydrogens is 560 g/mol. The van der Waals surface area contributed by atoms with E-state index in [1.165, 1.54) is 30.9 Å². The Balaban J connectivity index is 1.31. The fourth-order valence-corrected chi connectivity index (χ4v) is 6.47. The molecule has 1 aromatic carbocycles. The van der Waals surface area contributed by atoms with E-state index in [2.05, 4.69) is 5.32 Å². The van der Waals surface area contributed by atoms with Gasteiger partial charge < -0.3 is 24.8 Å². The molecule has 1 aromatic heterocycles. The average Bonchev–Trinajstić information content (AvgIpc) is 3.62. The molecule has 0 aliphatic carbocycles. The Bertz CT molecular complexity index is 1360. The van der Waals surface area contributed by atoms with E-state index in [-0.39, 0.29) is 54.9 Å². The number of aromatic nitrogens is 1. The molecular formula is C31H39F2N5O5. The van der Waals surface area contributed by atoms with Crippen LogP contribution in [0.25, 0.3) is 0 Å². The van der Waals surface area contributed by atoms with Gasteiger partial charge in [-0.05, 0) is 56.0 Å². The molecule has 0 spiro atoms. The Hall–Kier alpha value is -3.96. The van der Waals surface area contributed by atoms with Crippen molar-refractivity contribution in [1.82, 2.24) is 24.6 Å². The van der Waals surface area contributed by atoms with Crippen molar-refractivity contribution in [3.05, 3.63) is 53.3 Å². The Labute approximate surface area is 249 Å². The largest absolute Gasteiger partial charge is 0.492 e. The number of halogens is 2. The lowest BCUT2D eigenvalue weighted by Crippen LogP contribution is -2.43. The standard InChI is InChI=1S/C31H39F2N5O5/c1-20-7-8-27(38(20)31(32)33)30(42)36-12-4-11-34-28(40)26-19-37(29(41)22-9-13-35(14-10-22)21(2)39)18-25(26)23-5-3-6-24(17-23)43-16-15-36/h3,5-8,17,22,25-26,31H,4,9-16,18-19H2,1-2H3,(H,34,40)/t25-,26+/m1/s1. The number of likely N-dealkylation sites (tertiary alicyclic amines) is 2. The van der Waals surface area contributed by atoms with Crippen LogP contribution in [0.3, 0.4) is 0 Å². The fraction of sp³-hybridized carbons (Fsp3) is 0.548. The lowest BCUT2D eigenvalue weighted by Gasteiger charge is -2.32. The predicted molar refractivity (Wildman–Crippen MR) is 154 cm³/mol. The van der Waals surface area contributed by atoms with Gasteiger partial charge in [0, 0.05) is 63.7 Å². The van der Waals surface area contributed by atoms with Gasteiger partial charge in [0.15, 0.2) is 0 Å². The minimum atomic E-state index is -2.84. The van der Waals surface area contributed by atoms with Crippen molar-refractivity contribution < 1.29 is 32.7 Å². The molecule has 2 atom stereocenters. The maximum Gasteiger partial charge on any atom is 0.319 e. The normalized spacial score (nSPS) is 22.1. The summed E-state index contributed by atoms with van der Waals surface area (Å²) in [6.45, 7) is 2.92. The first-order chi connectivity index (χ1) is 20.6. The molecule has 3 aliphatic rings. The molecule has 0 unspecified atom stereocenters. The van der Waals surface area contributed by atoms with Gasteiger partial charge in [0.05, 0.1) is 12.5 Å². The summed E-state index contributed by atoms with van der Waals surface area (Å²) in [6.07, 6.45) is 1.64. The van der Waals surface area contributed by atoms with Crippen LogP contribution in [0.2, 0.25) is 0 Å². The molecule has 2 aromatic rings. The van der Waals surface area contributed by atoms with Crippen LogP contribution in [0, 0.1) is 18.8 Å². The Morgan fingerprint density at radius 1 is 0.953 bits per heavy atom. The molecule has 0 radical (unpaired) electrons. The van der Waals surface area contributed by atoms with Crippen molar-refractivity contribution >= 4 is 23.6 Å². The van der Waals surface area contributed by atoms with Gasteiger partial charge in [-0.25, -0.2) is 0 Å². The van der Waals surface area contributed by atoms with E-state index in [0.29, 0.717) is 63.4 Å². The predicted octanol–water partition coefficient (Wildman–Crippen LogP) is 3.03. The molecule has 1 N–H and O–H groups in total. The lowest BCUT2D eigenvalue weighted by molar-refractivity contribution is -0.139. The summed E-state index contributed by atoms with van der Waals surface area (Å²) in [6, 6.07) is 10.3. The van der Waals surface area contributed by atoms with E-state index in [0.717, 1.165) is 10.1 Å². The number of hydrogen-bond donors (Lipinski definition) is 1. The number of ether oxygens (including phenoxy) is 1. The number of carbonyl (C=O) groups excluding carboxylic acids is 4. The van der Waals surface area contributed by atoms with Gasteiger partial charge in [0.25, 0.3) is 5.91 Å². The molecule has 3 aliphatic heterocycles. The minimum Gasteiger partial charge on any atom is -0.492 e. The van der Waals surface area contributed by atoms with Crippen LogP contribution in [-0.2, 0) is 14.4 Å². The van der Waals surface area contributed by atoms with Gasteiger partial charge in [-0.15, -0.1) is 0 Å². The second kappa shape index (κ2) is 13.1. The molecule has 232 valence electrons. The molecule has 5 rings (SSSR count). The SMILES string of the molecule is CC(=O)N1CCC(C(=O)N2C[C@@H]3C(=O)NCCCN(C(=O)c4ccc(C)n4C(F)F)CCOc4cccc(c4)[C@H]3C2)CC1. The maximum absolute atomic E-state index is 13.7. The third-order valence-electron chi connectivity index (χ3n) is 8.90. The van der Waals surface area contributed by atoms with Crippen molar-refractivity contribution in [1.29, 1.82) is 0 Å². The van der Waals surface area contributed by atoms with Gasteiger partial charge in [-0.3, -0.25) is 23.7 Å². The average molecular weight is 600 g/mol. The topological polar surface area (TPSA) is 104 Å². The number of benzene rings is 1. The quantitative estimate of drug-likeness (QED) is 0.584. The van der Waals surface area contributed by atoms with E-state index >= 15 is 0 Å². The molecule has 0 saturated carbocycles. The fourth-order valence-electron chi connectivity index (χ4n) is 6.47. The van der Waals surface area contributed by atoms with E-state index in [1.54, 1.807) is 15.9 Å². The van der Waals surface area contributed by atoms with Gasteiger partial charge in [-0.1, -0.05) is 12.1 Å². The summed E-state index contributed by atoms with van der Waals surface area (Å²) >= 11 is 0. The molecule has 10 nitrogen and oxygen atoms in total. The molecule has 2 fully saturated rings. The van der Waals surface area contributed by atoms with Crippen LogP contribution in [-0.4, -0.2) is 95.3 Å². The first kappa shape index (κ1) is 30.5. The highest BCUT2D eigenvalue weighted by atomic mass is 19.3. The Kier molecular flexibility index (Phi) is 9.31. The monoisotopic (exact) mass is 599 g/mol.